The van der Waals surface area contributed by atoms with Crippen LogP contribution in [0.1, 0.15) is 24.2 Å². The Bertz CT molecular complexity index is 1130. The van der Waals surface area contributed by atoms with Gasteiger partial charge in [-0.2, -0.15) is 5.26 Å². The molecule has 0 atom stereocenters. The van der Waals surface area contributed by atoms with Crippen molar-refractivity contribution in [2.75, 3.05) is 17.2 Å². The topological polar surface area (TPSA) is 125 Å². The van der Waals surface area contributed by atoms with Gasteiger partial charge in [-0.1, -0.05) is 18.2 Å². The number of nitriles is 1. The number of benzene rings is 2. The minimum atomic E-state index is -0.866. The average Bonchev–Trinajstić information content (AvgIpc) is 2.79. The maximum absolute atomic E-state index is 12.4. The molecule has 0 saturated heterocycles. The number of nitrogens with one attached hydrogen (secondary N) is 2. The van der Waals surface area contributed by atoms with Crippen LogP contribution in [0.25, 0.3) is 0 Å². The Balaban J connectivity index is 2.13. The molecule has 168 valence electrons. The zero-order valence-electron chi connectivity index (χ0n) is 18.0. The van der Waals surface area contributed by atoms with E-state index in [1.807, 2.05) is 0 Å². The maximum Gasteiger partial charge on any atom is 0.351 e. The van der Waals surface area contributed by atoms with Crippen LogP contribution < -0.4 is 10.6 Å². The van der Waals surface area contributed by atoms with E-state index in [1.54, 1.807) is 67.6 Å². The van der Waals surface area contributed by atoms with Crippen molar-refractivity contribution in [1.82, 2.24) is 0 Å². The summed E-state index contributed by atoms with van der Waals surface area (Å²) in [5.74, 6) is -1.52. The summed E-state index contributed by atoms with van der Waals surface area (Å²) in [6.45, 7) is 3.10. The summed E-state index contributed by atoms with van der Waals surface area (Å²) in [4.78, 5) is 48.0. The number of ether oxygens (including phenoxy) is 1. The van der Waals surface area contributed by atoms with Crippen LogP contribution >= 0.6 is 11.8 Å². The lowest BCUT2D eigenvalue weighted by Gasteiger charge is -2.11. The molecule has 0 heterocycles. The number of hydrogen-bond acceptors (Lipinski definition) is 8. The number of amides is 1. The van der Waals surface area contributed by atoms with Crippen LogP contribution in [0.15, 0.2) is 77.4 Å². The van der Waals surface area contributed by atoms with Crippen LogP contribution in [0.4, 0.5) is 11.4 Å². The van der Waals surface area contributed by atoms with Gasteiger partial charge >= 0.3 is 5.97 Å². The van der Waals surface area contributed by atoms with Gasteiger partial charge in [0.15, 0.2) is 11.4 Å². The van der Waals surface area contributed by atoms with Crippen molar-refractivity contribution >= 4 is 45.9 Å². The van der Waals surface area contributed by atoms with E-state index in [9.17, 15) is 24.4 Å². The molecule has 0 aliphatic heterocycles. The van der Waals surface area contributed by atoms with Crippen molar-refractivity contribution in [2.24, 2.45) is 0 Å². The minimum Gasteiger partial charge on any atom is -0.462 e. The molecule has 1 amide bonds. The first kappa shape index (κ1) is 25.1. The fourth-order valence-corrected chi connectivity index (χ4v) is 3.17. The molecule has 0 saturated carbocycles. The molecule has 8 nitrogen and oxygen atoms in total. The first-order chi connectivity index (χ1) is 15.8. The van der Waals surface area contributed by atoms with E-state index in [2.05, 4.69) is 10.6 Å². The average molecular weight is 464 g/mol. The third-order valence-corrected chi connectivity index (χ3v) is 4.83. The molecule has 0 spiro atoms. The molecule has 0 bridgehead atoms. The molecule has 2 aromatic carbocycles. The van der Waals surface area contributed by atoms with Crippen molar-refractivity contribution < 1.29 is 23.9 Å². The molecule has 0 unspecified atom stereocenters. The lowest BCUT2D eigenvalue weighted by molar-refractivity contribution is -0.138. The van der Waals surface area contributed by atoms with Gasteiger partial charge < -0.3 is 15.4 Å². The van der Waals surface area contributed by atoms with Crippen LogP contribution in [0, 0.1) is 11.3 Å². The number of rotatable bonds is 9. The first-order valence-electron chi connectivity index (χ1n) is 9.79. The van der Waals surface area contributed by atoms with E-state index in [1.165, 1.54) is 6.92 Å². The number of esters is 1. The number of para-hydroxylation sites is 1. The molecule has 2 rings (SSSR count). The van der Waals surface area contributed by atoms with E-state index < -0.39 is 17.0 Å². The number of carbonyl (C=O) groups excluding carboxylic acids is 4. The molecule has 0 aromatic heterocycles. The van der Waals surface area contributed by atoms with E-state index in [0.29, 0.717) is 28.7 Å². The Morgan fingerprint density at radius 2 is 1.61 bits per heavy atom. The monoisotopic (exact) mass is 463 g/mol. The molecule has 0 fully saturated rings. The number of Topliss-reactive ketones (excluding diaryl/α,β-unsaturated/α-hetero) is 1. The number of ketones is 1. The SMILES string of the molecule is CCOC(=O)C(C#N)=C(Nc1ccccc1)SC(=O)C=CC(=O)Nc1ccc(C(C)=O)cc1. The van der Waals surface area contributed by atoms with Gasteiger partial charge in [-0.15, -0.1) is 0 Å². The smallest absolute Gasteiger partial charge is 0.351 e. The van der Waals surface area contributed by atoms with Gasteiger partial charge in [-0.05, 0) is 68.1 Å². The molecule has 2 N–H and O–H groups in total. The van der Waals surface area contributed by atoms with Crippen molar-refractivity contribution in [3.63, 3.8) is 0 Å². The zero-order chi connectivity index (χ0) is 24.2. The van der Waals surface area contributed by atoms with Crippen molar-refractivity contribution in [3.8, 4) is 6.07 Å². The Morgan fingerprint density at radius 1 is 0.970 bits per heavy atom. The molecular formula is C24H21N3O5S. The number of carbonyl (C=O) groups is 4. The Kier molecular flexibility index (Phi) is 9.61. The number of thioether (sulfide) groups is 1. The van der Waals surface area contributed by atoms with E-state index in [0.717, 1.165) is 12.2 Å². The second kappa shape index (κ2) is 12.6. The van der Waals surface area contributed by atoms with Crippen LogP contribution in [0.5, 0.6) is 0 Å². The summed E-state index contributed by atoms with van der Waals surface area (Å²) in [5, 5.41) is 14.3. The Labute approximate surface area is 195 Å². The van der Waals surface area contributed by atoms with Gasteiger partial charge in [0.05, 0.1) is 6.61 Å². The van der Waals surface area contributed by atoms with Crippen molar-refractivity contribution in [3.05, 3.63) is 82.9 Å². The normalized spacial score (nSPS) is 11.2. The molecule has 33 heavy (non-hydrogen) atoms. The van der Waals surface area contributed by atoms with E-state index >= 15 is 0 Å². The summed E-state index contributed by atoms with van der Waals surface area (Å²) in [7, 11) is 0. The third kappa shape index (κ3) is 8.12. The standard InChI is InChI=1S/C24H21N3O5S/c1-3-32-24(31)20(15-25)23(27-18-7-5-4-6-8-18)33-22(30)14-13-21(29)26-19-11-9-17(10-12-19)16(2)28/h4-14,27H,3H2,1-2H3,(H,26,29). The molecule has 0 radical (unpaired) electrons. The summed E-state index contributed by atoms with van der Waals surface area (Å²) >= 11 is 0.582. The van der Waals surface area contributed by atoms with Crippen LogP contribution in [-0.4, -0.2) is 29.4 Å². The highest BCUT2D eigenvalue weighted by atomic mass is 32.2. The summed E-state index contributed by atoms with van der Waals surface area (Å²) < 4.78 is 4.90. The van der Waals surface area contributed by atoms with Gasteiger partial charge in [-0.25, -0.2) is 4.79 Å². The predicted octanol–water partition coefficient (Wildman–Crippen LogP) is 4.05. The second-order valence-electron chi connectivity index (χ2n) is 6.40. The maximum atomic E-state index is 12.4. The van der Waals surface area contributed by atoms with Gasteiger partial charge in [0.2, 0.25) is 11.0 Å². The lowest BCUT2D eigenvalue weighted by atomic mass is 10.1. The van der Waals surface area contributed by atoms with Gasteiger partial charge in [0, 0.05) is 23.0 Å². The third-order valence-electron chi connectivity index (χ3n) is 3.98. The zero-order valence-corrected chi connectivity index (χ0v) is 18.8. The van der Waals surface area contributed by atoms with E-state index in [-0.39, 0.29) is 23.0 Å². The van der Waals surface area contributed by atoms with Gasteiger partial charge in [0.25, 0.3) is 0 Å². The van der Waals surface area contributed by atoms with Crippen LogP contribution in [0.3, 0.4) is 0 Å². The quantitative estimate of drug-likeness (QED) is 0.247. The van der Waals surface area contributed by atoms with Crippen molar-refractivity contribution in [1.29, 1.82) is 5.26 Å². The second-order valence-corrected chi connectivity index (χ2v) is 7.42. The lowest BCUT2D eigenvalue weighted by Crippen LogP contribution is -2.13. The van der Waals surface area contributed by atoms with E-state index in [4.69, 9.17) is 4.74 Å². The number of hydrogen-bond donors (Lipinski definition) is 2. The fraction of sp³-hybridized carbons (Fsp3) is 0.125. The number of anilines is 2. The highest BCUT2D eigenvalue weighted by Crippen LogP contribution is 2.24. The molecular weight excluding hydrogens is 442 g/mol. The van der Waals surface area contributed by atoms with Gasteiger partial charge in [0.1, 0.15) is 11.1 Å². The molecule has 9 heteroatoms. The summed E-state index contributed by atoms with van der Waals surface area (Å²) in [6, 6.07) is 16.7. The van der Waals surface area contributed by atoms with Gasteiger partial charge in [-0.3, -0.25) is 14.4 Å². The largest absolute Gasteiger partial charge is 0.462 e. The van der Waals surface area contributed by atoms with Crippen molar-refractivity contribution in [2.45, 2.75) is 13.8 Å². The van der Waals surface area contributed by atoms with Crippen LogP contribution in [-0.2, 0) is 19.1 Å². The summed E-state index contributed by atoms with van der Waals surface area (Å²) in [6.07, 6.45) is 2.06. The first-order valence-corrected chi connectivity index (χ1v) is 10.6. The molecule has 0 aliphatic carbocycles. The summed E-state index contributed by atoms with van der Waals surface area (Å²) in [5.41, 5.74) is 1.16. The Morgan fingerprint density at radius 3 is 2.18 bits per heavy atom. The molecule has 2 aromatic rings. The fourth-order valence-electron chi connectivity index (χ4n) is 2.43. The minimum absolute atomic E-state index is 0.0166. The highest BCUT2D eigenvalue weighted by molar-refractivity contribution is 8.17. The number of nitrogens with zero attached hydrogens (tertiary/aromatic N) is 1. The predicted molar refractivity (Wildman–Crippen MR) is 126 cm³/mol. The Hall–Kier alpha value is -4.16. The molecule has 0 aliphatic rings. The highest BCUT2D eigenvalue weighted by Gasteiger charge is 2.20. The van der Waals surface area contributed by atoms with Crippen LogP contribution in [0.2, 0.25) is 0 Å².